The van der Waals surface area contributed by atoms with Gasteiger partial charge in [-0.25, -0.2) is 0 Å². The van der Waals surface area contributed by atoms with Crippen LogP contribution in [0.5, 0.6) is 0 Å². The number of nitrogens with zero attached hydrogens (tertiary/aromatic N) is 1. The van der Waals surface area contributed by atoms with Gasteiger partial charge in [-0.15, -0.1) is 0 Å². The van der Waals surface area contributed by atoms with Crippen molar-refractivity contribution in [3.63, 3.8) is 0 Å². The Hall–Kier alpha value is -1.58. The lowest BCUT2D eigenvalue weighted by molar-refractivity contribution is 0.0659. The van der Waals surface area contributed by atoms with Crippen molar-refractivity contribution >= 4 is 11.7 Å². The van der Waals surface area contributed by atoms with E-state index in [0.717, 1.165) is 37.9 Å². The number of hydrogen-bond donors (Lipinski definition) is 0. The molecule has 2 heterocycles. The summed E-state index contributed by atoms with van der Waals surface area (Å²) in [4.78, 5) is 27.0. The molecule has 1 amide bonds. The molecule has 4 heteroatoms. The summed E-state index contributed by atoms with van der Waals surface area (Å²) in [7, 11) is 0. The third kappa shape index (κ3) is 2.59. The van der Waals surface area contributed by atoms with Gasteiger partial charge in [-0.05, 0) is 31.1 Å². The van der Waals surface area contributed by atoms with E-state index in [-0.39, 0.29) is 17.1 Å². The van der Waals surface area contributed by atoms with E-state index in [0.29, 0.717) is 29.4 Å². The van der Waals surface area contributed by atoms with Crippen molar-refractivity contribution < 1.29 is 14.0 Å². The first-order valence-corrected chi connectivity index (χ1v) is 8.23. The molecule has 0 radical (unpaired) electrons. The van der Waals surface area contributed by atoms with Gasteiger partial charge in [-0.1, -0.05) is 20.8 Å². The van der Waals surface area contributed by atoms with Crippen LogP contribution < -0.4 is 0 Å². The van der Waals surface area contributed by atoms with E-state index in [9.17, 15) is 9.59 Å². The summed E-state index contributed by atoms with van der Waals surface area (Å²) in [6.07, 6.45) is 3.32. The largest absolute Gasteiger partial charge is 0.455 e. The van der Waals surface area contributed by atoms with E-state index in [1.807, 2.05) is 11.8 Å². The van der Waals surface area contributed by atoms with Crippen molar-refractivity contribution in [1.29, 1.82) is 0 Å². The Bertz CT molecular complexity index is 619. The molecule has 3 rings (SSSR count). The lowest BCUT2D eigenvalue weighted by atomic mass is 9.76. The summed E-state index contributed by atoms with van der Waals surface area (Å²) in [5.41, 5.74) is 1.31. The zero-order valence-corrected chi connectivity index (χ0v) is 14.0. The van der Waals surface area contributed by atoms with Gasteiger partial charge in [-0.3, -0.25) is 9.59 Å². The first-order chi connectivity index (χ1) is 10.3. The highest BCUT2D eigenvalue weighted by Gasteiger charge is 2.38. The number of carbonyl (C=O) groups excluding carboxylic acids is 2. The quantitative estimate of drug-likeness (QED) is 0.796. The molecule has 1 aromatic heterocycles. The molecule has 0 saturated carbocycles. The van der Waals surface area contributed by atoms with Gasteiger partial charge in [0.05, 0.1) is 5.56 Å². The molecule has 1 aliphatic heterocycles. The Morgan fingerprint density at radius 3 is 2.50 bits per heavy atom. The Kier molecular flexibility index (Phi) is 3.66. The molecule has 1 aromatic rings. The molecule has 0 N–H and O–H groups in total. The molecule has 0 unspecified atom stereocenters. The van der Waals surface area contributed by atoms with Crippen LogP contribution >= 0.6 is 0 Å². The number of likely N-dealkylation sites (tertiary alicyclic amines) is 1. The van der Waals surface area contributed by atoms with Gasteiger partial charge in [0.1, 0.15) is 5.76 Å². The Morgan fingerprint density at radius 1 is 1.23 bits per heavy atom. The third-order valence-corrected chi connectivity index (χ3v) is 5.04. The maximum Gasteiger partial charge on any atom is 0.289 e. The maximum atomic E-state index is 12.7. The summed E-state index contributed by atoms with van der Waals surface area (Å²) in [5.74, 6) is 1.82. The van der Waals surface area contributed by atoms with Crippen molar-refractivity contribution in [3.05, 3.63) is 22.6 Å². The molecule has 1 fully saturated rings. The second-order valence-electron chi connectivity index (χ2n) is 7.77. The van der Waals surface area contributed by atoms with Crippen LogP contribution in [0.15, 0.2) is 4.42 Å². The Balaban J connectivity index is 1.90. The number of Topliss-reactive ketones (excluding diaryl/α,β-unsaturated/α-hetero) is 1. The highest BCUT2D eigenvalue weighted by Crippen LogP contribution is 2.38. The molecule has 0 bridgehead atoms. The van der Waals surface area contributed by atoms with E-state index in [2.05, 4.69) is 20.8 Å². The lowest BCUT2D eigenvalue weighted by Crippen LogP contribution is -2.38. The SMILES string of the molecule is Cc1c(C(=O)N2CCC(C)CC2)oc2c1C(=O)CC(C)(C)C2. The normalized spacial score (nSPS) is 21.8. The van der Waals surface area contributed by atoms with Crippen molar-refractivity contribution in [1.82, 2.24) is 4.90 Å². The summed E-state index contributed by atoms with van der Waals surface area (Å²) in [6.45, 7) is 9.77. The first kappa shape index (κ1) is 15.3. The smallest absolute Gasteiger partial charge is 0.289 e. The van der Waals surface area contributed by atoms with E-state index in [4.69, 9.17) is 4.42 Å². The Morgan fingerprint density at radius 2 is 1.86 bits per heavy atom. The van der Waals surface area contributed by atoms with Crippen LogP contribution in [0.1, 0.15) is 72.3 Å². The maximum absolute atomic E-state index is 12.7. The van der Waals surface area contributed by atoms with E-state index < -0.39 is 0 Å². The van der Waals surface area contributed by atoms with Gasteiger partial charge in [0.15, 0.2) is 11.5 Å². The minimum Gasteiger partial charge on any atom is -0.455 e. The molecule has 2 aliphatic rings. The number of fused-ring (bicyclic) bond motifs is 1. The molecular weight excluding hydrogens is 278 g/mol. The van der Waals surface area contributed by atoms with Crippen molar-refractivity contribution in [3.8, 4) is 0 Å². The second-order valence-corrected chi connectivity index (χ2v) is 7.77. The number of hydrogen-bond acceptors (Lipinski definition) is 3. The number of piperidine rings is 1. The highest BCUT2D eigenvalue weighted by atomic mass is 16.4. The molecule has 0 atom stereocenters. The molecule has 0 spiro atoms. The molecule has 120 valence electrons. The summed E-state index contributed by atoms with van der Waals surface area (Å²) >= 11 is 0. The summed E-state index contributed by atoms with van der Waals surface area (Å²) in [5, 5.41) is 0. The molecule has 4 nitrogen and oxygen atoms in total. The molecule has 1 aliphatic carbocycles. The van der Waals surface area contributed by atoms with Crippen molar-refractivity contribution in [2.45, 2.75) is 53.4 Å². The van der Waals surface area contributed by atoms with Crippen LogP contribution in [0, 0.1) is 18.3 Å². The summed E-state index contributed by atoms with van der Waals surface area (Å²) < 4.78 is 5.87. The second kappa shape index (κ2) is 5.25. The van der Waals surface area contributed by atoms with Crippen LogP contribution in [0.4, 0.5) is 0 Å². The van der Waals surface area contributed by atoms with Crippen LogP contribution in [0.3, 0.4) is 0 Å². The van der Waals surface area contributed by atoms with Gasteiger partial charge in [0, 0.05) is 31.5 Å². The molecule has 0 aromatic carbocycles. The number of furan rings is 1. The van der Waals surface area contributed by atoms with E-state index in [1.54, 1.807) is 0 Å². The highest BCUT2D eigenvalue weighted by molar-refractivity contribution is 6.03. The van der Waals surface area contributed by atoms with Gasteiger partial charge < -0.3 is 9.32 Å². The lowest BCUT2D eigenvalue weighted by Gasteiger charge is -2.29. The van der Waals surface area contributed by atoms with Gasteiger partial charge >= 0.3 is 0 Å². The number of rotatable bonds is 1. The fourth-order valence-corrected chi connectivity index (χ4v) is 3.64. The van der Waals surface area contributed by atoms with Gasteiger partial charge in [-0.2, -0.15) is 0 Å². The van der Waals surface area contributed by atoms with E-state index in [1.165, 1.54) is 0 Å². The van der Waals surface area contributed by atoms with Crippen molar-refractivity contribution in [2.24, 2.45) is 11.3 Å². The predicted molar refractivity (Wildman–Crippen MR) is 84.2 cm³/mol. The summed E-state index contributed by atoms with van der Waals surface area (Å²) in [6, 6.07) is 0. The molecule has 1 saturated heterocycles. The average Bonchev–Trinajstić information content (AvgIpc) is 2.74. The fraction of sp³-hybridized carbons (Fsp3) is 0.667. The van der Waals surface area contributed by atoms with Crippen LogP contribution in [0.25, 0.3) is 0 Å². The average molecular weight is 303 g/mol. The van der Waals surface area contributed by atoms with Crippen LogP contribution in [0.2, 0.25) is 0 Å². The fourth-order valence-electron chi connectivity index (χ4n) is 3.64. The van der Waals surface area contributed by atoms with E-state index >= 15 is 0 Å². The minimum absolute atomic E-state index is 0.0515. The van der Waals surface area contributed by atoms with Crippen molar-refractivity contribution in [2.75, 3.05) is 13.1 Å². The predicted octanol–water partition coefficient (Wildman–Crippen LogP) is 3.62. The monoisotopic (exact) mass is 303 g/mol. The van der Waals surface area contributed by atoms with Gasteiger partial charge in [0.2, 0.25) is 0 Å². The Labute approximate surface area is 131 Å². The standard InChI is InChI=1S/C18H25NO3/c1-11-5-7-19(8-6-11)17(21)16-12(2)15-13(20)9-18(3,4)10-14(15)22-16/h11H,5-10H2,1-4H3. The molecule has 22 heavy (non-hydrogen) atoms. The number of amides is 1. The third-order valence-electron chi connectivity index (χ3n) is 5.04. The first-order valence-electron chi connectivity index (χ1n) is 8.23. The number of ketones is 1. The number of carbonyl (C=O) groups is 2. The zero-order valence-electron chi connectivity index (χ0n) is 14.0. The van der Waals surface area contributed by atoms with Gasteiger partial charge in [0.25, 0.3) is 5.91 Å². The zero-order chi connectivity index (χ0) is 16.1. The minimum atomic E-state index is -0.0880. The topological polar surface area (TPSA) is 50.5 Å². The molecular formula is C18H25NO3. The van der Waals surface area contributed by atoms with Crippen LogP contribution in [-0.4, -0.2) is 29.7 Å². The van der Waals surface area contributed by atoms with Crippen LogP contribution in [-0.2, 0) is 6.42 Å².